The van der Waals surface area contributed by atoms with Gasteiger partial charge in [0.05, 0.1) is 6.20 Å². The van der Waals surface area contributed by atoms with Gasteiger partial charge in [-0.25, -0.2) is 0 Å². The van der Waals surface area contributed by atoms with Gasteiger partial charge in [0.2, 0.25) is 5.91 Å². The fourth-order valence-corrected chi connectivity index (χ4v) is 3.07. The van der Waals surface area contributed by atoms with E-state index in [9.17, 15) is 4.79 Å². The highest BCUT2D eigenvalue weighted by Crippen LogP contribution is 2.29. The molecule has 134 valence electrons. The van der Waals surface area contributed by atoms with Gasteiger partial charge in [0.15, 0.2) is 0 Å². The first kappa shape index (κ1) is 17.0. The number of rotatable bonds is 4. The molecule has 0 saturated heterocycles. The Kier molecular flexibility index (Phi) is 4.42. The van der Waals surface area contributed by atoms with Crippen molar-refractivity contribution in [1.82, 2.24) is 19.7 Å². The molecular formula is C22H20N4O. The lowest BCUT2D eigenvalue weighted by atomic mass is 9.99. The lowest BCUT2D eigenvalue weighted by Crippen LogP contribution is -2.26. The number of fused-ring (bicyclic) bond motifs is 1. The second kappa shape index (κ2) is 7.03. The van der Waals surface area contributed by atoms with Crippen LogP contribution < -0.4 is 0 Å². The van der Waals surface area contributed by atoms with Crippen LogP contribution in [0, 0.1) is 0 Å². The number of carbonyl (C=O) groups is 1. The number of nitrogens with zero attached hydrogens (tertiary/aromatic N) is 4. The largest absolute Gasteiger partial charge is 0.347 e. The first-order chi connectivity index (χ1) is 13.1. The summed E-state index contributed by atoms with van der Waals surface area (Å²) >= 11 is 0. The second-order valence-corrected chi connectivity index (χ2v) is 6.70. The third-order valence-corrected chi connectivity index (χ3v) is 4.63. The van der Waals surface area contributed by atoms with E-state index >= 15 is 0 Å². The van der Waals surface area contributed by atoms with Crippen molar-refractivity contribution < 1.29 is 4.79 Å². The molecule has 0 bridgehead atoms. The van der Waals surface area contributed by atoms with Gasteiger partial charge >= 0.3 is 0 Å². The molecule has 4 aromatic rings. The number of aromatic nitrogens is 3. The smallest absolute Gasteiger partial charge is 0.243 e. The molecule has 2 heterocycles. The van der Waals surface area contributed by atoms with Gasteiger partial charge in [-0.1, -0.05) is 48.5 Å². The number of benzene rings is 2. The second-order valence-electron chi connectivity index (χ2n) is 6.70. The normalized spacial score (nSPS) is 10.9. The maximum Gasteiger partial charge on any atom is 0.243 e. The van der Waals surface area contributed by atoms with Gasteiger partial charge in [0.1, 0.15) is 6.54 Å². The fraction of sp³-hybridized carbons (Fsp3) is 0.136. The molecular weight excluding hydrogens is 336 g/mol. The zero-order chi connectivity index (χ0) is 18.8. The average Bonchev–Trinajstić information content (AvgIpc) is 3.16. The van der Waals surface area contributed by atoms with Gasteiger partial charge in [-0.15, -0.1) is 0 Å². The third kappa shape index (κ3) is 3.44. The van der Waals surface area contributed by atoms with Crippen molar-refractivity contribution in [3.05, 3.63) is 73.3 Å². The summed E-state index contributed by atoms with van der Waals surface area (Å²) in [6.45, 7) is 0.243. The van der Waals surface area contributed by atoms with Crippen LogP contribution in [0.25, 0.3) is 33.0 Å². The Morgan fingerprint density at radius 1 is 0.926 bits per heavy atom. The number of hydrogen-bond donors (Lipinski definition) is 0. The Hall–Kier alpha value is -3.47. The highest BCUT2D eigenvalue weighted by atomic mass is 16.2. The van der Waals surface area contributed by atoms with Gasteiger partial charge in [-0.05, 0) is 16.5 Å². The highest BCUT2D eigenvalue weighted by Gasteiger charge is 2.09. The number of carbonyl (C=O) groups excluding carboxylic acids is 1. The summed E-state index contributed by atoms with van der Waals surface area (Å²) in [5.74, 6) is 0.0171. The molecule has 4 rings (SSSR count). The predicted molar refractivity (Wildman–Crippen MR) is 107 cm³/mol. The monoisotopic (exact) mass is 356 g/mol. The van der Waals surface area contributed by atoms with E-state index in [2.05, 4.69) is 46.5 Å². The number of hydrogen-bond acceptors (Lipinski definition) is 3. The van der Waals surface area contributed by atoms with Gasteiger partial charge < -0.3 is 4.90 Å². The van der Waals surface area contributed by atoms with Crippen LogP contribution in [0.2, 0.25) is 0 Å². The van der Waals surface area contributed by atoms with E-state index in [4.69, 9.17) is 0 Å². The topological polar surface area (TPSA) is 51.0 Å². The van der Waals surface area contributed by atoms with Gasteiger partial charge in [0, 0.05) is 49.2 Å². The van der Waals surface area contributed by atoms with E-state index < -0.39 is 0 Å². The van der Waals surface area contributed by atoms with E-state index in [-0.39, 0.29) is 12.5 Å². The van der Waals surface area contributed by atoms with E-state index in [1.807, 2.05) is 30.7 Å². The van der Waals surface area contributed by atoms with E-state index in [0.29, 0.717) is 0 Å². The molecule has 0 fully saturated rings. The molecule has 2 aromatic heterocycles. The number of amides is 1. The molecule has 5 heteroatoms. The van der Waals surface area contributed by atoms with Crippen molar-refractivity contribution in [2.24, 2.45) is 0 Å². The summed E-state index contributed by atoms with van der Waals surface area (Å²) in [5, 5.41) is 6.62. The van der Waals surface area contributed by atoms with Crippen molar-refractivity contribution in [3.8, 4) is 22.3 Å². The van der Waals surface area contributed by atoms with E-state index in [1.54, 1.807) is 29.9 Å². The maximum atomic E-state index is 11.8. The zero-order valence-electron chi connectivity index (χ0n) is 15.3. The molecule has 0 spiro atoms. The van der Waals surface area contributed by atoms with Crippen LogP contribution >= 0.6 is 0 Å². The minimum absolute atomic E-state index is 0.0171. The fourth-order valence-electron chi connectivity index (χ4n) is 3.07. The molecule has 0 N–H and O–H groups in total. The van der Waals surface area contributed by atoms with Gasteiger partial charge in [-0.3, -0.25) is 14.5 Å². The number of pyridine rings is 1. The van der Waals surface area contributed by atoms with Gasteiger partial charge in [0.25, 0.3) is 0 Å². The third-order valence-electron chi connectivity index (χ3n) is 4.63. The molecule has 0 saturated carbocycles. The molecule has 5 nitrogen and oxygen atoms in total. The summed E-state index contributed by atoms with van der Waals surface area (Å²) in [6.07, 6.45) is 7.48. The van der Waals surface area contributed by atoms with Crippen LogP contribution in [0.1, 0.15) is 0 Å². The lowest BCUT2D eigenvalue weighted by molar-refractivity contribution is -0.129. The molecule has 0 atom stereocenters. The van der Waals surface area contributed by atoms with Crippen LogP contribution in [-0.4, -0.2) is 39.7 Å². The van der Waals surface area contributed by atoms with Crippen LogP contribution in [0.15, 0.2) is 73.3 Å². The Morgan fingerprint density at radius 2 is 1.67 bits per heavy atom. The predicted octanol–water partition coefficient (Wildman–Crippen LogP) is 3.85. The summed E-state index contributed by atoms with van der Waals surface area (Å²) in [6, 6.07) is 16.6. The van der Waals surface area contributed by atoms with Crippen LogP contribution in [0.3, 0.4) is 0 Å². The Labute approximate surface area is 157 Å². The Morgan fingerprint density at radius 3 is 2.44 bits per heavy atom. The number of likely N-dealkylation sites (N-methyl/N-ethyl adjacent to an activating group) is 1. The van der Waals surface area contributed by atoms with Crippen molar-refractivity contribution in [1.29, 1.82) is 0 Å². The quantitative estimate of drug-likeness (QED) is 0.558. The van der Waals surface area contributed by atoms with Gasteiger partial charge in [-0.2, -0.15) is 5.10 Å². The van der Waals surface area contributed by atoms with Crippen LogP contribution in [-0.2, 0) is 11.3 Å². The molecule has 0 aliphatic rings. The SMILES string of the molecule is CN(C)C(=O)Cn1cc(-c2ccc(-c3cncc4ccccc34)cc2)cn1. The molecule has 0 unspecified atom stereocenters. The van der Waals surface area contributed by atoms with E-state index in [0.717, 1.165) is 27.6 Å². The van der Waals surface area contributed by atoms with Crippen molar-refractivity contribution >= 4 is 16.7 Å². The standard InChI is InChI=1S/C22H20N4O/c1-25(2)22(27)15-26-14-19(12-24-26)16-7-9-17(10-8-16)21-13-23-11-18-5-3-4-6-20(18)21/h3-14H,15H2,1-2H3. The van der Waals surface area contributed by atoms with Crippen LogP contribution in [0.4, 0.5) is 0 Å². The van der Waals surface area contributed by atoms with Crippen molar-refractivity contribution in [2.75, 3.05) is 14.1 Å². The molecule has 0 aliphatic carbocycles. The molecule has 1 amide bonds. The summed E-state index contributed by atoms with van der Waals surface area (Å²) < 4.78 is 1.67. The zero-order valence-corrected chi connectivity index (χ0v) is 15.3. The molecule has 0 radical (unpaired) electrons. The summed E-state index contributed by atoms with van der Waals surface area (Å²) in [5.41, 5.74) is 4.30. The Bertz CT molecular complexity index is 1090. The Balaban J connectivity index is 1.61. The summed E-state index contributed by atoms with van der Waals surface area (Å²) in [4.78, 5) is 17.8. The minimum atomic E-state index is 0.0171. The summed E-state index contributed by atoms with van der Waals surface area (Å²) in [7, 11) is 3.49. The van der Waals surface area contributed by atoms with Crippen molar-refractivity contribution in [3.63, 3.8) is 0 Å². The van der Waals surface area contributed by atoms with Crippen molar-refractivity contribution in [2.45, 2.75) is 6.54 Å². The first-order valence-corrected chi connectivity index (χ1v) is 8.78. The van der Waals surface area contributed by atoms with Crippen LogP contribution in [0.5, 0.6) is 0 Å². The van der Waals surface area contributed by atoms with E-state index in [1.165, 1.54) is 5.39 Å². The molecule has 2 aromatic carbocycles. The highest BCUT2D eigenvalue weighted by molar-refractivity contribution is 5.95. The average molecular weight is 356 g/mol. The molecule has 0 aliphatic heterocycles. The maximum absolute atomic E-state index is 11.8. The molecule has 27 heavy (non-hydrogen) atoms. The minimum Gasteiger partial charge on any atom is -0.347 e. The first-order valence-electron chi connectivity index (χ1n) is 8.78. The lowest BCUT2D eigenvalue weighted by Gasteiger charge is -2.09.